The van der Waals surface area contributed by atoms with E-state index in [9.17, 15) is 0 Å². The fourth-order valence-electron chi connectivity index (χ4n) is 2.09. The van der Waals surface area contributed by atoms with Crippen LogP contribution in [0.2, 0.25) is 0 Å². The second kappa shape index (κ2) is 7.58. The zero-order valence-electron chi connectivity index (χ0n) is 12.7. The van der Waals surface area contributed by atoms with Crippen molar-refractivity contribution in [1.29, 1.82) is 0 Å². The summed E-state index contributed by atoms with van der Waals surface area (Å²) in [6.07, 6.45) is 1.22. The lowest BCUT2D eigenvalue weighted by Gasteiger charge is -2.14. The predicted octanol–water partition coefficient (Wildman–Crippen LogP) is 4.55. The summed E-state index contributed by atoms with van der Waals surface area (Å²) in [4.78, 5) is 0. The highest BCUT2D eigenvalue weighted by Crippen LogP contribution is 2.21. The van der Waals surface area contributed by atoms with E-state index in [0.717, 1.165) is 19.0 Å². The number of rotatable bonds is 7. The van der Waals surface area contributed by atoms with Crippen LogP contribution in [0.5, 0.6) is 0 Å². The fourth-order valence-corrected chi connectivity index (χ4v) is 2.09. The molecule has 0 saturated carbocycles. The van der Waals surface area contributed by atoms with Crippen molar-refractivity contribution in [3.8, 4) is 0 Å². The van der Waals surface area contributed by atoms with Crippen LogP contribution in [0.4, 0.5) is 0 Å². The van der Waals surface area contributed by atoms with Crippen LogP contribution in [-0.4, -0.2) is 13.1 Å². The first-order valence-corrected chi connectivity index (χ1v) is 7.31. The molecule has 0 aliphatic heterocycles. The van der Waals surface area contributed by atoms with Crippen LogP contribution in [0.3, 0.4) is 0 Å². The molecule has 1 nitrogen and oxygen atoms in total. The third kappa shape index (κ3) is 5.22. The van der Waals surface area contributed by atoms with Gasteiger partial charge in [-0.15, -0.1) is 0 Å². The maximum atomic E-state index is 3.52. The van der Waals surface area contributed by atoms with Crippen molar-refractivity contribution < 1.29 is 0 Å². The summed E-state index contributed by atoms with van der Waals surface area (Å²) >= 11 is 0. The smallest absolute Gasteiger partial charge is 0.00258 e. The monoisotopic (exact) mass is 247 g/mol. The largest absolute Gasteiger partial charge is 0.316 e. The Bertz CT molecular complexity index is 324. The Labute approximate surface area is 113 Å². The molecule has 0 spiro atoms. The Balaban J connectivity index is 2.39. The van der Waals surface area contributed by atoms with Crippen molar-refractivity contribution in [2.75, 3.05) is 13.1 Å². The first-order chi connectivity index (χ1) is 8.50. The van der Waals surface area contributed by atoms with Gasteiger partial charge in [0, 0.05) is 0 Å². The molecule has 0 amide bonds. The van der Waals surface area contributed by atoms with E-state index >= 15 is 0 Å². The molecule has 0 aliphatic carbocycles. The van der Waals surface area contributed by atoms with E-state index in [-0.39, 0.29) is 0 Å². The minimum atomic E-state index is 0.627. The van der Waals surface area contributed by atoms with Crippen LogP contribution in [0.15, 0.2) is 24.3 Å². The zero-order chi connectivity index (χ0) is 13.5. The molecule has 0 heterocycles. The molecule has 18 heavy (non-hydrogen) atoms. The quantitative estimate of drug-likeness (QED) is 0.697. The lowest BCUT2D eigenvalue weighted by molar-refractivity contribution is 0.525. The van der Waals surface area contributed by atoms with Gasteiger partial charge in [0.1, 0.15) is 0 Å². The number of nitrogens with one attached hydrogen (secondary N) is 1. The Morgan fingerprint density at radius 1 is 0.889 bits per heavy atom. The summed E-state index contributed by atoms with van der Waals surface area (Å²) in [5, 5.41) is 3.52. The Hall–Kier alpha value is -0.820. The van der Waals surface area contributed by atoms with Crippen molar-refractivity contribution >= 4 is 0 Å². The molecular weight excluding hydrogens is 218 g/mol. The highest BCUT2D eigenvalue weighted by atomic mass is 14.8. The minimum Gasteiger partial charge on any atom is -0.316 e. The summed E-state index contributed by atoms with van der Waals surface area (Å²) in [6.45, 7) is 13.6. The van der Waals surface area contributed by atoms with E-state index in [1.54, 1.807) is 0 Å². The highest BCUT2D eigenvalue weighted by molar-refractivity contribution is 5.26. The van der Waals surface area contributed by atoms with Crippen LogP contribution in [-0.2, 0) is 0 Å². The molecule has 0 radical (unpaired) electrons. The molecular formula is C17H29N. The lowest BCUT2D eigenvalue weighted by atomic mass is 9.94. The molecule has 1 atom stereocenters. The van der Waals surface area contributed by atoms with Gasteiger partial charge in [0.2, 0.25) is 0 Å². The van der Waals surface area contributed by atoms with E-state index < -0.39 is 0 Å². The predicted molar refractivity (Wildman–Crippen MR) is 81.3 cm³/mol. The standard InChI is InChI=1S/C17H29N/c1-13(2)12-18-11-10-15(5)17-8-6-16(7-9-17)14(3)4/h6-9,13-15,18H,10-12H2,1-5H3. The van der Waals surface area contributed by atoms with E-state index in [4.69, 9.17) is 0 Å². The molecule has 1 heteroatoms. The summed E-state index contributed by atoms with van der Waals surface area (Å²) in [5.74, 6) is 2.01. The minimum absolute atomic E-state index is 0.627. The van der Waals surface area contributed by atoms with Crippen LogP contribution in [0.1, 0.15) is 64.0 Å². The second-order valence-corrected chi connectivity index (χ2v) is 6.11. The summed E-state index contributed by atoms with van der Waals surface area (Å²) in [5.41, 5.74) is 2.90. The first kappa shape index (κ1) is 15.2. The first-order valence-electron chi connectivity index (χ1n) is 7.31. The summed E-state index contributed by atoms with van der Waals surface area (Å²) in [7, 11) is 0. The highest BCUT2D eigenvalue weighted by Gasteiger charge is 2.06. The van der Waals surface area contributed by atoms with Crippen molar-refractivity contribution in [1.82, 2.24) is 5.32 Å². The summed E-state index contributed by atoms with van der Waals surface area (Å²) in [6, 6.07) is 9.14. The van der Waals surface area contributed by atoms with Gasteiger partial charge in [0.25, 0.3) is 0 Å². The number of benzene rings is 1. The molecule has 1 aromatic carbocycles. The normalized spacial score (nSPS) is 13.3. The number of hydrogen-bond donors (Lipinski definition) is 1. The Kier molecular flexibility index (Phi) is 6.42. The molecule has 1 aromatic rings. The Morgan fingerprint density at radius 3 is 1.94 bits per heavy atom. The van der Waals surface area contributed by atoms with Crippen molar-refractivity contribution in [3.63, 3.8) is 0 Å². The van der Waals surface area contributed by atoms with Crippen LogP contribution >= 0.6 is 0 Å². The molecule has 0 fully saturated rings. The van der Waals surface area contributed by atoms with Gasteiger partial charge in [-0.25, -0.2) is 0 Å². The van der Waals surface area contributed by atoms with Crippen molar-refractivity contribution in [2.24, 2.45) is 5.92 Å². The van der Waals surface area contributed by atoms with Gasteiger partial charge < -0.3 is 5.32 Å². The topological polar surface area (TPSA) is 12.0 Å². The second-order valence-electron chi connectivity index (χ2n) is 6.11. The third-order valence-electron chi connectivity index (χ3n) is 3.48. The van der Waals surface area contributed by atoms with Gasteiger partial charge >= 0.3 is 0 Å². The van der Waals surface area contributed by atoms with Gasteiger partial charge in [-0.2, -0.15) is 0 Å². The lowest BCUT2D eigenvalue weighted by Crippen LogP contribution is -2.21. The fraction of sp³-hybridized carbons (Fsp3) is 0.647. The van der Waals surface area contributed by atoms with Gasteiger partial charge in [0.15, 0.2) is 0 Å². The molecule has 1 N–H and O–H groups in total. The molecule has 102 valence electrons. The molecule has 1 rings (SSSR count). The molecule has 0 aromatic heterocycles. The maximum absolute atomic E-state index is 3.52. The molecule has 0 saturated heterocycles. The van der Waals surface area contributed by atoms with Gasteiger partial charge in [-0.1, -0.05) is 58.9 Å². The van der Waals surface area contributed by atoms with Crippen LogP contribution in [0.25, 0.3) is 0 Å². The maximum Gasteiger partial charge on any atom is -0.00258 e. The van der Waals surface area contributed by atoms with Gasteiger partial charge in [0.05, 0.1) is 0 Å². The van der Waals surface area contributed by atoms with Gasteiger partial charge in [-0.05, 0) is 48.4 Å². The van der Waals surface area contributed by atoms with Crippen LogP contribution < -0.4 is 5.32 Å². The van der Waals surface area contributed by atoms with Crippen LogP contribution in [0, 0.1) is 5.92 Å². The van der Waals surface area contributed by atoms with Gasteiger partial charge in [-0.3, -0.25) is 0 Å². The Morgan fingerprint density at radius 2 is 1.44 bits per heavy atom. The number of hydrogen-bond acceptors (Lipinski definition) is 1. The van der Waals surface area contributed by atoms with Crippen molar-refractivity contribution in [3.05, 3.63) is 35.4 Å². The molecule has 0 bridgehead atoms. The van der Waals surface area contributed by atoms with E-state index in [0.29, 0.717) is 11.8 Å². The molecule has 0 aliphatic rings. The molecule has 1 unspecified atom stereocenters. The SMILES string of the molecule is CC(C)CNCCC(C)c1ccc(C(C)C)cc1. The van der Waals surface area contributed by atoms with E-state index in [2.05, 4.69) is 64.2 Å². The van der Waals surface area contributed by atoms with E-state index in [1.807, 2.05) is 0 Å². The zero-order valence-corrected chi connectivity index (χ0v) is 12.7. The third-order valence-corrected chi connectivity index (χ3v) is 3.48. The summed E-state index contributed by atoms with van der Waals surface area (Å²) < 4.78 is 0. The average Bonchev–Trinajstić information content (AvgIpc) is 2.34. The van der Waals surface area contributed by atoms with Crippen molar-refractivity contribution in [2.45, 2.75) is 52.9 Å². The van der Waals surface area contributed by atoms with E-state index in [1.165, 1.54) is 17.5 Å². The average molecular weight is 247 g/mol.